The maximum Gasteiger partial charge on any atom is 0.270 e. The first-order valence-corrected chi connectivity index (χ1v) is 10.0. The predicted molar refractivity (Wildman–Crippen MR) is 140 cm³/mol. The summed E-state index contributed by atoms with van der Waals surface area (Å²) in [6, 6.07) is 16.6. The smallest absolute Gasteiger partial charge is 0.270 e. The molecule has 1 aliphatic heterocycles. The Labute approximate surface area is 211 Å². The van der Waals surface area contributed by atoms with E-state index in [-0.39, 0.29) is 47.8 Å². The summed E-state index contributed by atoms with van der Waals surface area (Å²) in [5, 5.41) is 15.0. The highest BCUT2D eigenvalue weighted by Crippen LogP contribution is 2.28. The minimum atomic E-state index is -0.390. The van der Waals surface area contributed by atoms with E-state index in [4.69, 9.17) is 4.74 Å². The zero-order valence-corrected chi connectivity index (χ0v) is 20.6. The van der Waals surface area contributed by atoms with Crippen molar-refractivity contribution < 1.29 is 9.66 Å². The molecular formula is C22H28Cl3N5O3. The minimum absolute atomic E-state index is 0. The van der Waals surface area contributed by atoms with Crippen LogP contribution in [-0.4, -0.2) is 61.2 Å². The van der Waals surface area contributed by atoms with Gasteiger partial charge < -0.3 is 15.0 Å². The third kappa shape index (κ3) is 6.98. The van der Waals surface area contributed by atoms with E-state index in [1.165, 1.54) is 6.07 Å². The maximum absolute atomic E-state index is 10.9. The van der Waals surface area contributed by atoms with Gasteiger partial charge in [0.05, 0.1) is 23.2 Å². The Morgan fingerprint density at radius 2 is 1.76 bits per heavy atom. The van der Waals surface area contributed by atoms with Crippen molar-refractivity contribution in [3.05, 3.63) is 64.7 Å². The lowest BCUT2D eigenvalue weighted by molar-refractivity contribution is -0.384. The number of hydrogen-bond donors (Lipinski definition) is 1. The molecule has 3 aromatic rings. The van der Waals surface area contributed by atoms with E-state index in [0.717, 1.165) is 67.4 Å². The van der Waals surface area contributed by atoms with Gasteiger partial charge in [-0.05, 0) is 30.3 Å². The second-order valence-corrected chi connectivity index (χ2v) is 7.26. The number of fused-ring (bicyclic) bond motifs is 1. The molecule has 180 valence electrons. The van der Waals surface area contributed by atoms with Gasteiger partial charge in [0, 0.05) is 56.8 Å². The fraction of sp³-hybridized carbons (Fsp3) is 0.318. The molecule has 0 spiro atoms. The summed E-state index contributed by atoms with van der Waals surface area (Å²) >= 11 is 0. The topological polar surface area (TPSA) is 83.8 Å². The number of hydrogen-bond acceptors (Lipinski definition) is 7. The van der Waals surface area contributed by atoms with E-state index in [1.807, 2.05) is 30.3 Å². The van der Waals surface area contributed by atoms with Crippen LogP contribution in [0.25, 0.3) is 10.9 Å². The van der Waals surface area contributed by atoms with Gasteiger partial charge in [0.15, 0.2) is 0 Å². The maximum atomic E-state index is 10.9. The summed E-state index contributed by atoms with van der Waals surface area (Å²) in [6.07, 6.45) is 0. The number of nitro groups is 1. The SMILES string of the molecule is COc1ccccc1N1CCN(CCNc2ccc3cc([N+](=O)[O-])ccc3n2)CC1.Cl.Cl.Cl. The highest BCUT2D eigenvalue weighted by atomic mass is 35.5. The number of ether oxygens (including phenoxy) is 1. The molecule has 1 aliphatic rings. The number of benzene rings is 2. The summed E-state index contributed by atoms with van der Waals surface area (Å²) < 4.78 is 5.48. The fourth-order valence-corrected chi connectivity index (χ4v) is 3.77. The van der Waals surface area contributed by atoms with E-state index >= 15 is 0 Å². The Bertz CT molecular complexity index is 1050. The third-order valence-corrected chi connectivity index (χ3v) is 5.42. The quantitative estimate of drug-likeness (QED) is 0.361. The van der Waals surface area contributed by atoms with E-state index < -0.39 is 0 Å². The molecule has 0 saturated carbocycles. The van der Waals surface area contributed by atoms with E-state index in [0.29, 0.717) is 0 Å². The first-order chi connectivity index (χ1) is 14.6. The van der Waals surface area contributed by atoms with E-state index in [1.54, 1.807) is 19.2 Å². The van der Waals surface area contributed by atoms with Gasteiger partial charge in [-0.2, -0.15) is 0 Å². The Kier molecular flexibility index (Phi) is 11.4. The number of halogens is 3. The highest BCUT2D eigenvalue weighted by Gasteiger charge is 2.19. The zero-order valence-electron chi connectivity index (χ0n) is 18.2. The van der Waals surface area contributed by atoms with Crippen LogP contribution in [0.2, 0.25) is 0 Å². The van der Waals surface area contributed by atoms with Crippen LogP contribution in [0.5, 0.6) is 5.75 Å². The Morgan fingerprint density at radius 3 is 2.45 bits per heavy atom. The Morgan fingerprint density at radius 1 is 1.03 bits per heavy atom. The van der Waals surface area contributed by atoms with Gasteiger partial charge in [-0.25, -0.2) is 4.98 Å². The van der Waals surface area contributed by atoms with Crippen molar-refractivity contribution in [2.45, 2.75) is 0 Å². The summed E-state index contributed by atoms with van der Waals surface area (Å²) in [6.45, 7) is 5.64. The molecule has 0 radical (unpaired) electrons. The van der Waals surface area contributed by atoms with Gasteiger partial charge in [0.25, 0.3) is 5.69 Å². The number of pyridine rings is 1. The molecule has 0 atom stereocenters. The van der Waals surface area contributed by atoms with Gasteiger partial charge in [0.2, 0.25) is 0 Å². The molecule has 2 aromatic carbocycles. The molecule has 0 unspecified atom stereocenters. The lowest BCUT2D eigenvalue weighted by Gasteiger charge is -2.36. The molecule has 0 bridgehead atoms. The molecule has 33 heavy (non-hydrogen) atoms. The molecule has 8 nitrogen and oxygen atoms in total. The van der Waals surface area contributed by atoms with Gasteiger partial charge in [0.1, 0.15) is 11.6 Å². The molecule has 1 aromatic heterocycles. The molecule has 0 aliphatic carbocycles. The van der Waals surface area contributed by atoms with Crippen LogP contribution in [0, 0.1) is 10.1 Å². The molecule has 2 heterocycles. The van der Waals surface area contributed by atoms with Crippen LogP contribution in [-0.2, 0) is 0 Å². The number of nitro benzene ring substituents is 1. The Balaban J connectivity index is 0.00000181. The number of anilines is 2. The van der Waals surface area contributed by atoms with Crippen molar-refractivity contribution in [2.75, 3.05) is 56.6 Å². The van der Waals surface area contributed by atoms with Crippen LogP contribution >= 0.6 is 37.2 Å². The summed E-state index contributed by atoms with van der Waals surface area (Å²) in [4.78, 5) is 19.9. The molecule has 1 fully saturated rings. The normalized spacial score (nSPS) is 13.3. The predicted octanol–water partition coefficient (Wildman–Crippen LogP) is 4.65. The van der Waals surface area contributed by atoms with Crippen molar-refractivity contribution in [3.63, 3.8) is 0 Å². The van der Waals surface area contributed by atoms with Gasteiger partial charge in [-0.15, -0.1) is 37.2 Å². The lowest BCUT2D eigenvalue weighted by atomic mass is 10.2. The highest BCUT2D eigenvalue weighted by molar-refractivity contribution is 5.86. The van der Waals surface area contributed by atoms with Crippen LogP contribution in [0.3, 0.4) is 0 Å². The summed E-state index contributed by atoms with van der Waals surface area (Å²) in [7, 11) is 1.71. The van der Waals surface area contributed by atoms with Gasteiger partial charge in [-0.3, -0.25) is 15.0 Å². The van der Waals surface area contributed by atoms with Crippen molar-refractivity contribution in [1.82, 2.24) is 9.88 Å². The van der Waals surface area contributed by atoms with E-state index in [2.05, 4.69) is 26.2 Å². The standard InChI is InChI=1S/C22H25N5O3.3ClH/c1-30-21-5-3-2-4-20(21)26-14-12-25(13-15-26)11-10-23-22-9-6-17-16-18(27(28)29)7-8-19(17)24-22;;;/h2-9,16H,10-15H2,1H3,(H,23,24);3*1H. The van der Waals surface area contributed by atoms with Crippen molar-refractivity contribution in [1.29, 1.82) is 0 Å². The first kappa shape index (κ1) is 28.5. The minimum Gasteiger partial charge on any atom is -0.495 e. The molecule has 1 saturated heterocycles. The van der Waals surface area contributed by atoms with Gasteiger partial charge in [-0.1, -0.05) is 12.1 Å². The average Bonchev–Trinajstić information content (AvgIpc) is 2.79. The number of aromatic nitrogens is 1. The van der Waals surface area contributed by atoms with E-state index in [9.17, 15) is 10.1 Å². The first-order valence-electron chi connectivity index (χ1n) is 10.0. The molecule has 11 heteroatoms. The van der Waals surface area contributed by atoms with Crippen LogP contribution < -0.4 is 15.0 Å². The third-order valence-electron chi connectivity index (χ3n) is 5.42. The molecular weight excluding hydrogens is 489 g/mol. The number of nitrogens with one attached hydrogen (secondary N) is 1. The lowest BCUT2D eigenvalue weighted by Crippen LogP contribution is -2.47. The number of methoxy groups -OCH3 is 1. The average molecular weight is 517 g/mol. The Hall–Kier alpha value is -2.52. The number of non-ortho nitro benzene ring substituents is 1. The fourth-order valence-electron chi connectivity index (χ4n) is 3.77. The van der Waals surface area contributed by atoms with Crippen molar-refractivity contribution in [2.24, 2.45) is 0 Å². The van der Waals surface area contributed by atoms with Crippen LogP contribution in [0.15, 0.2) is 54.6 Å². The van der Waals surface area contributed by atoms with Crippen molar-refractivity contribution in [3.8, 4) is 5.75 Å². The molecule has 4 rings (SSSR count). The van der Waals surface area contributed by atoms with Crippen LogP contribution in [0.1, 0.15) is 0 Å². The zero-order chi connectivity index (χ0) is 20.9. The second-order valence-electron chi connectivity index (χ2n) is 7.26. The number of para-hydroxylation sites is 2. The molecule has 1 N–H and O–H groups in total. The number of nitrogens with zero attached hydrogens (tertiary/aromatic N) is 4. The summed E-state index contributed by atoms with van der Waals surface area (Å²) in [5.74, 6) is 1.70. The largest absolute Gasteiger partial charge is 0.495 e. The summed E-state index contributed by atoms with van der Waals surface area (Å²) in [5.41, 5.74) is 1.98. The second kappa shape index (κ2) is 13.3. The number of piperazine rings is 1. The van der Waals surface area contributed by atoms with Crippen molar-refractivity contribution >= 4 is 65.3 Å². The number of rotatable bonds is 7. The van der Waals surface area contributed by atoms with Crippen LogP contribution in [0.4, 0.5) is 17.2 Å². The van der Waals surface area contributed by atoms with Gasteiger partial charge >= 0.3 is 0 Å². The molecule has 0 amide bonds. The monoisotopic (exact) mass is 515 g/mol.